The second kappa shape index (κ2) is 5.61. The van der Waals surface area contributed by atoms with Crippen molar-refractivity contribution in [2.45, 2.75) is 19.4 Å². The first-order chi connectivity index (χ1) is 10.2. The van der Waals surface area contributed by atoms with Crippen LogP contribution < -0.4 is 11.1 Å². The zero-order valence-corrected chi connectivity index (χ0v) is 11.5. The number of imidazole rings is 1. The Kier molecular flexibility index (Phi) is 3.50. The normalized spacial score (nSPS) is 12.2. The number of anilines is 2. The lowest BCUT2D eigenvalue weighted by atomic mass is 10.2. The van der Waals surface area contributed by atoms with Gasteiger partial charge in [-0.1, -0.05) is 0 Å². The monoisotopic (exact) mass is 285 g/mol. The zero-order chi connectivity index (χ0) is 14.7. The number of hydrogen-bond acceptors (Lipinski definition) is 7. The van der Waals surface area contributed by atoms with Gasteiger partial charge in [-0.2, -0.15) is 15.0 Å². The molecule has 1 unspecified atom stereocenters. The predicted octanol–water partition coefficient (Wildman–Crippen LogP) is 1.28. The van der Waals surface area contributed by atoms with Gasteiger partial charge in [0.25, 0.3) is 0 Å². The minimum absolute atomic E-state index is 0.0913. The molecule has 8 heteroatoms. The van der Waals surface area contributed by atoms with Gasteiger partial charge in [0.05, 0.1) is 6.26 Å². The van der Waals surface area contributed by atoms with Gasteiger partial charge in [-0.3, -0.25) is 4.57 Å². The number of aromatic nitrogens is 5. The van der Waals surface area contributed by atoms with E-state index in [0.717, 1.165) is 12.2 Å². The third kappa shape index (κ3) is 3.16. The molecule has 0 fully saturated rings. The Morgan fingerprint density at radius 2 is 2.29 bits per heavy atom. The van der Waals surface area contributed by atoms with E-state index in [4.69, 9.17) is 10.2 Å². The van der Waals surface area contributed by atoms with E-state index in [1.54, 1.807) is 29.6 Å². The molecule has 0 saturated carbocycles. The molecule has 0 aliphatic rings. The average Bonchev–Trinajstić information content (AvgIpc) is 3.10. The Hall–Kier alpha value is -2.90. The molecule has 108 valence electrons. The molecule has 3 N–H and O–H groups in total. The summed E-state index contributed by atoms with van der Waals surface area (Å²) in [6.45, 7) is 2.01. The molecule has 0 bridgehead atoms. The number of hydrogen-bond donors (Lipinski definition) is 2. The van der Waals surface area contributed by atoms with Gasteiger partial charge in [-0.05, 0) is 19.1 Å². The van der Waals surface area contributed by atoms with Crippen molar-refractivity contribution in [3.63, 3.8) is 0 Å². The van der Waals surface area contributed by atoms with Crippen LogP contribution in [0.4, 0.5) is 11.9 Å². The first-order valence-corrected chi connectivity index (χ1v) is 6.49. The van der Waals surface area contributed by atoms with E-state index in [2.05, 4.69) is 25.3 Å². The van der Waals surface area contributed by atoms with Crippen LogP contribution in [0.2, 0.25) is 0 Å². The Morgan fingerprint density at radius 1 is 1.38 bits per heavy atom. The number of nitrogens with two attached hydrogens (primary N) is 1. The van der Waals surface area contributed by atoms with E-state index < -0.39 is 0 Å². The molecule has 0 aromatic carbocycles. The molecule has 0 saturated heterocycles. The van der Waals surface area contributed by atoms with Crippen LogP contribution in [0.25, 0.3) is 5.95 Å². The Bertz CT molecular complexity index is 693. The molecular formula is C13H15N7O. The van der Waals surface area contributed by atoms with Crippen molar-refractivity contribution in [3.05, 3.63) is 42.9 Å². The number of nitrogen functional groups attached to an aromatic ring is 1. The van der Waals surface area contributed by atoms with Gasteiger partial charge >= 0.3 is 0 Å². The summed E-state index contributed by atoms with van der Waals surface area (Å²) in [6, 6.07) is 3.88. The second-order valence-corrected chi connectivity index (χ2v) is 4.62. The maximum absolute atomic E-state index is 5.72. The lowest BCUT2D eigenvalue weighted by Crippen LogP contribution is -2.21. The number of nitrogens with zero attached hydrogens (tertiary/aromatic N) is 5. The first kappa shape index (κ1) is 13.1. The largest absolute Gasteiger partial charge is 0.469 e. The minimum Gasteiger partial charge on any atom is -0.469 e. The zero-order valence-electron chi connectivity index (χ0n) is 11.5. The molecule has 3 rings (SSSR count). The maximum Gasteiger partial charge on any atom is 0.241 e. The molecule has 0 aliphatic heterocycles. The number of nitrogens with one attached hydrogen (secondary N) is 1. The smallest absolute Gasteiger partial charge is 0.241 e. The average molecular weight is 285 g/mol. The molecular weight excluding hydrogens is 270 g/mol. The molecule has 3 aromatic heterocycles. The second-order valence-electron chi connectivity index (χ2n) is 4.62. The summed E-state index contributed by atoms with van der Waals surface area (Å²) in [5.41, 5.74) is 5.72. The van der Waals surface area contributed by atoms with Crippen LogP contribution in [-0.2, 0) is 6.42 Å². The van der Waals surface area contributed by atoms with Crippen LogP contribution in [0.3, 0.4) is 0 Å². The van der Waals surface area contributed by atoms with Gasteiger partial charge in [-0.25, -0.2) is 4.98 Å². The quantitative estimate of drug-likeness (QED) is 0.726. The summed E-state index contributed by atoms with van der Waals surface area (Å²) in [5.74, 6) is 1.89. The Labute approximate surface area is 121 Å². The standard InChI is InChI=1S/C13H15N7O/c1-9(7-10-3-2-6-21-10)16-12-17-11(14)18-13(19-12)20-5-4-15-8-20/h2-6,8-9H,7H2,1H3,(H3,14,16,17,18,19). The summed E-state index contributed by atoms with van der Waals surface area (Å²) in [6.07, 6.45) is 7.36. The van der Waals surface area contributed by atoms with Gasteiger partial charge in [-0.15, -0.1) is 0 Å². The summed E-state index contributed by atoms with van der Waals surface area (Å²) >= 11 is 0. The summed E-state index contributed by atoms with van der Waals surface area (Å²) in [5, 5.41) is 3.19. The van der Waals surface area contributed by atoms with Crippen molar-refractivity contribution in [3.8, 4) is 5.95 Å². The number of rotatable bonds is 5. The van der Waals surface area contributed by atoms with Crippen LogP contribution in [0, 0.1) is 0 Å². The minimum atomic E-state index is 0.0913. The highest BCUT2D eigenvalue weighted by atomic mass is 16.3. The third-order valence-electron chi connectivity index (χ3n) is 2.84. The topological polar surface area (TPSA) is 108 Å². The number of furan rings is 1. The van der Waals surface area contributed by atoms with Crippen molar-refractivity contribution >= 4 is 11.9 Å². The fourth-order valence-electron chi connectivity index (χ4n) is 1.94. The predicted molar refractivity (Wildman–Crippen MR) is 76.9 cm³/mol. The van der Waals surface area contributed by atoms with Gasteiger partial charge in [0.15, 0.2) is 0 Å². The van der Waals surface area contributed by atoms with Crippen LogP contribution in [0.1, 0.15) is 12.7 Å². The molecule has 21 heavy (non-hydrogen) atoms. The fourth-order valence-corrected chi connectivity index (χ4v) is 1.94. The highest BCUT2D eigenvalue weighted by molar-refractivity contribution is 5.36. The molecule has 3 heterocycles. The van der Waals surface area contributed by atoms with Gasteiger partial charge in [0.1, 0.15) is 12.1 Å². The molecule has 0 spiro atoms. The van der Waals surface area contributed by atoms with Crippen molar-refractivity contribution in [1.29, 1.82) is 0 Å². The van der Waals surface area contributed by atoms with Gasteiger partial charge < -0.3 is 15.5 Å². The molecule has 8 nitrogen and oxygen atoms in total. The molecule has 3 aromatic rings. The van der Waals surface area contributed by atoms with E-state index in [9.17, 15) is 0 Å². The van der Waals surface area contributed by atoms with Crippen molar-refractivity contribution in [2.24, 2.45) is 0 Å². The highest BCUT2D eigenvalue weighted by Crippen LogP contribution is 2.10. The lowest BCUT2D eigenvalue weighted by Gasteiger charge is -2.13. The van der Waals surface area contributed by atoms with Crippen LogP contribution in [0.5, 0.6) is 0 Å². The highest BCUT2D eigenvalue weighted by Gasteiger charge is 2.10. The van der Waals surface area contributed by atoms with E-state index in [1.165, 1.54) is 0 Å². The fraction of sp³-hybridized carbons (Fsp3) is 0.231. The molecule has 0 amide bonds. The van der Waals surface area contributed by atoms with E-state index in [0.29, 0.717) is 11.9 Å². The Morgan fingerprint density at radius 3 is 3.00 bits per heavy atom. The van der Waals surface area contributed by atoms with Crippen LogP contribution in [-0.4, -0.2) is 30.5 Å². The van der Waals surface area contributed by atoms with Crippen LogP contribution in [0.15, 0.2) is 41.5 Å². The third-order valence-corrected chi connectivity index (χ3v) is 2.84. The van der Waals surface area contributed by atoms with Crippen LogP contribution >= 0.6 is 0 Å². The molecule has 0 radical (unpaired) electrons. The molecule has 1 atom stereocenters. The van der Waals surface area contributed by atoms with E-state index in [1.807, 2.05) is 19.1 Å². The lowest BCUT2D eigenvalue weighted by molar-refractivity contribution is 0.497. The summed E-state index contributed by atoms with van der Waals surface area (Å²) in [4.78, 5) is 16.5. The SMILES string of the molecule is CC(Cc1ccco1)Nc1nc(N)nc(-n2ccnc2)n1. The molecule has 0 aliphatic carbocycles. The van der Waals surface area contributed by atoms with Crippen molar-refractivity contribution in [2.75, 3.05) is 11.1 Å². The van der Waals surface area contributed by atoms with Crippen molar-refractivity contribution in [1.82, 2.24) is 24.5 Å². The Balaban J connectivity index is 1.76. The maximum atomic E-state index is 5.72. The first-order valence-electron chi connectivity index (χ1n) is 6.49. The summed E-state index contributed by atoms with van der Waals surface area (Å²) < 4.78 is 6.99. The summed E-state index contributed by atoms with van der Waals surface area (Å²) in [7, 11) is 0. The van der Waals surface area contributed by atoms with E-state index in [-0.39, 0.29) is 12.0 Å². The van der Waals surface area contributed by atoms with Gasteiger partial charge in [0.2, 0.25) is 17.8 Å². The van der Waals surface area contributed by atoms with E-state index >= 15 is 0 Å². The van der Waals surface area contributed by atoms with Gasteiger partial charge in [0, 0.05) is 24.9 Å². The van der Waals surface area contributed by atoms with Crippen molar-refractivity contribution < 1.29 is 4.42 Å².